The van der Waals surface area contributed by atoms with Crippen LogP contribution in [0.4, 0.5) is 5.69 Å². The van der Waals surface area contributed by atoms with Crippen LogP contribution in [0.2, 0.25) is 0 Å². The molecule has 90 valence electrons. The van der Waals surface area contributed by atoms with E-state index in [2.05, 4.69) is 57.0 Å². The quantitative estimate of drug-likeness (QED) is 0.826. The van der Waals surface area contributed by atoms with Gasteiger partial charge in [-0.25, -0.2) is 0 Å². The van der Waals surface area contributed by atoms with E-state index in [0.29, 0.717) is 0 Å². The Morgan fingerprint density at radius 3 is 2.06 bits per heavy atom. The third-order valence-electron chi connectivity index (χ3n) is 3.44. The van der Waals surface area contributed by atoms with E-state index in [9.17, 15) is 0 Å². The first-order valence-electron chi connectivity index (χ1n) is 6.07. The molecule has 1 rings (SSSR count). The van der Waals surface area contributed by atoms with E-state index >= 15 is 0 Å². The number of likely N-dealkylation sites (N-methyl/N-ethyl adjacent to an activating group) is 1. The minimum atomic E-state index is -0.0698. The van der Waals surface area contributed by atoms with Crippen LogP contribution < -0.4 is 10.6 Å². The Hall–Kier alpha value is -1.02. The summed E-state index contributed by atoms with van der Waals surface area (Å²) < 4.78 is 0. The van der Waals surface area contributed by atoms with E-state index in [4.69, 9.17) is 5.73 Å². The van der Waals surface area contributed by atoms with Crippen molar-refractivity contribution in [2.24, 2.45) is 5.73 Å². The fraction of sp³-hybridized carbons (Fsp3) is 0.571. The van der Waals surface area contributed by atoms with E-state index < -0.39 is 0 Å². The number of hydrogen-bond donors (Lipinski definition) is 1. The molecule has 0 aliphatic rings. The first kappa shape index (κ1) is 13.0. The lowest BCUT2D eigenvalue weighted by atomic mass is 9.93. The molecule has 0 amide bonds. The van der Waals surface area contributed by atoms with Gasteiger partial charge in [-0.3, -0.25) is 0 Å². The molecule has 0 aromatic heterocycles. The molecule has 1 aromatic carbocycles. The third kappa shape index (κ3) is 3.24. The molecule has 0 fully saturated rings. The van der Waals surface area contributed by atoms with Gasteiger partial charge in [0.1, 0.15) is 0 Å². The summed E-state index contributed by atoms with van der Waals surface area (Å²) in [7, 11) is 2.11. The molecular weight excluding hydrogens is 196 g/mol. The predicted molar refractivity (Wildman–Crippen MR) is 71.9 cm³/mol. The van der Waals surface area contributed by atoms with Gasteiger partial charge in [0.2, 0.25) is 0 Å². The molecule has 0 radical (unpaired) electrons. The molecule has 0 saturated carbocycles. The van der Waals surface area contributed by atoms with Crippen molar-refractivity contribution in [2.75, 3.05) is 18.5 Å². The summed E-state index contributed by atoms with van der Waals surface area (Å²) in [6.07, 6.45) is 2.03. The van der Waals surface area contributed by atoms with E-state index in [1.807, 2.05) is 0 Å². The van der Waals surface area contributed by atoms with Gasteiger partial charge in [-0.2, -0.15) is 0 Å². The smallest absolute Gasteiger partial charge is 0.0364 e. The molecule has 2 N–H and O–H groups in total. The first-order chi connectivity index (χ1) is 7.50. The molecule has 0 bridgehead atoms. The Labute approximate surface area is 99.5 Å². The van der Waals surface area contributed by atoms with Crippen molar-refractivity contribution in [2.45, 2.75) is 39.2 Å². The van der Waals surface area contributed by atoms with Crippen LogP contribution in [-0.2, 0) is 0 Å². The topological polar surface area (TPSA) is 29.3 Å². The van der Waals surface area contributed by atoms with Gasteiger partial charge in [-0.05, 0) is 31.9 Å². The van der Waals surface area contributed by atoms with Crippen molar-refractivity contribution in [3.8, 4) is 0 Å². The zero-order valence-electron chi connectivity index (χ0n) is 11.0. The van der Waals surface area contributed by atoms with Crippen LogP contribution in [0.25, 0.3) is 0 Å². The second-order valence-electron chi connectivity index (χ2n) is 4.76. The maximum absolute atomic E-state index is 6.32. The van der Waals surface area contributed by atoms with Crippen molar-refractivity contribution in [1.29, 1.82) is 0 Å². The van der Waals surface area contributed by atoms with Crippen molar-refractivity contribution in [3.63, 3.8) is 0 Å². The van der Waals surface area contributed by atoms with E-state index in [1.54, 1.807) is 0 Å². The van der Waals surface area contributed by atoms with Crippen LogP contribution in [0.15, 0.2) is 24.3 Å². The largest absolute Gasteiger partial charge is 0.373 e. The summed E-state index contributed by atoms with van der Waals surface area (Å²) in [6, 6.07) is 8.59. The van der Waals surface area contributed by atoms with Crippen LogP contribution >= 0.6 is 0 Å². The second kappa shape index (κ2) is 5.35. The summed E-state index contributed by atoms with van der Waals surface area (Å²) in [5, 5.41) is 0. The number of benzene rings is 1. The molecule has 16 heavy (non-hydrogen) atoms. The molecule has 0 aliphatic carbocycles. The van der Waals surface area contributed by atoms with Crippen LogP contribution in [0.5, 0.6) is 0 Å². The highest BCUT2D eigenvalue weighted by molar-refractivity contribution is 5.47. The van der Waals surface area contributed by atoms with Crippen LogP contribution in [0.1, 0.15) is 32.3 Å². The molecule has 0 heterocycles. The molecule has 0 aliphatic heterocycles. The van der Waals surface area contributed by atoms with Gasteiger partial charge in [0, 0.05) is 24.8 Å². The van der Waals surface area contributed by atoms with E-state index in [-0.39, 0.29) is 5.54 Å². The molecule has 0 unspecified atom stereocenters. The molecule has 0 spiro atoms. The molecule has 1 aromatic rings. The molecular formula is C14H24N2. The first-order valence-corrected chi connectivity index (χ1v) is 6.07. The molecule has 0 atom stereocenters. The zero-order valence-corrected chi connectivity index (χ0v) is 11.0. The average Bonchev–Trinajstić information content (AvgIpc) is 2.29. The Morgan fingerprint density at radius 2 is 1.62 bits per heavy atom. The molecule has 2 nitrogen and oxygen atoms in total. The molecule has 2 heteroatoms. The van der Waals surface area contributed by atoms with Crippen LogP contribution in [0.3, 0.4) is 0 Å². The van der Waals surface area contributed by atoms with Gasteiger partial charge in [0.05, 0.1) is 0 Å². The van der Waals surface area contributed by atoms with Gasteiger partial charge >= 0.3 is 0 Å². The van der Waals surface area contributed by atoms with Gasteiger partial charge in [-0.1, -0.05) is 31.5 Å². The number of nitrogens with zero attached hydrogens (tertiary/aromatic N) is 1. The molecule has 0 saturated heterocycles. The summed E-state index contributed by atoms with van der Waals surface area (Å²) in [5.41, 5.74) is 8.79. The van der Waals surface area contributed by atoms with Crippen molar-refractivity contribution >= 4 is 5.69 Å². The van der Waals surface area contributed by atoms with Crippen LogP contribution in [-0.4, -0.2) is 19.1 Å². The highest BCUT2D eigenvalue weighted by Crippen LogP contribution is 2.18. The number of aryl methyl sites for hydroxylation is 1. The lowest BCUT2D eigenvalue weighted by molar-refractivity contribution is 0.400. The maximum atomic E-state index is 6.32. The standard InChI is InChI=1S/C14H24N2/c1-5-14(15,6-2)11-16(4)13-9-7-12(3)8-10-13/h7-10H,5-6,11,15H2,1-4H3. The highest BCUT2D eigenvalue weighted by atomic mass is 15.1. The zero-order chi connectivity index (χ0) is 12.2. The average molecular weight is 220 g/mol. The van der Waals surface area contributed by atoms with Crippen LogP contribution in [0, 0.1) is 6.92 Å². The van der Waals surface area contributed by atoms with Crippen molar-refractivity contribution in [3.05, 3.63) is 29.8 Å². The number of hydrogen-bond acceptors (Lipinski definition) is 2. The number of anilines is 1. The summed E-state index contributed by atoms with van der Waals surface area (Å²) >= 11 is 0. The minimum Gasteiger partial charge on any atom is -0.373 e. The number of rotatable bonds is 5. The predicted octanol–water partition coefficient (Wildman–Crippen LogP) is 2.95. The fourth-order valence-corrected chi connectivity index (χ4v) is 1.84. The van der Waals surface area contributed by atoms with Crippen molar-refractivity contribution in [1.82, 2.24) is 0 Å². The van der Waals surface area contributed by atoms with E-state index in [0.717, 1.165) is 19.4 Å². The summed E-state index contributed by atoms with van der Waals surface area (Å²) in [4.78, 5) is 2.24. The second-order valence-corrected chi connectivity index (χ2v) is 4.76. The lowest BCUT2D eigenvalue weighted by Gasteiger charge is -2.33. The third-order valence-corrected chi connectivity index (χ3v) is 3.44. The summed E-state index contributed by atoms with van der Waals surface area (Å²) in [5.74, 6) is 0. The number of nitrogens with two attached hydrogens (primary N) is 1. The summed E-state index contributed by atoms with van der Waals surface area (Å²) in [6.45, 7) is 7.33. The maximum Gasteiger partial charge on any atom is 0.0364 e. The lowest BCUT2D eigenvalue weighted by Crippen LogP contribution is -2.48. The Balaban J connectivity index is 2.71. The Bertz CT molecular complexity index is 312. The van der Waals surface area contributed by atoms with Gasteiger partial charge in [-0.15, -0.1) is 0 Å². The van der Waals surface area contributed by atoms with E-state index in [1.165, 1.54) is 11.3 Å². The van der Waals surface area contributed by atoms with Gasteiger partial charge < -0.3 is 10.6 Å². The monoisotopic (exact) mass is 220 g/mol. The van der Waals surface area contributed by atoms with Gasteiger partial charge in [0.15, 0.2) is 0 Å². The highest BCUT2D eigenvalue weighted by Gasteiger charge is 2.22. The normalized spacial score (nSPS) is 11.6. The van der Waals surface area contributed by atoms with Gasteiger partial charge in [0.25, 0.3) is 0 Å². The fourth-order valence-electron chi connectivity index (χ4n) is 1.84. The minimum absolute atomic E-state index is 0.0698. The Kier molecular flexibility index (Phi) is 4.36. The SMILES string of the molecule is CCC(N)(CC)CN(C)c1ccc(C)cc1. The van der Waals surface area contributed by atoms with Crippen molar-refractivity contribution < 1.29 is 0 Å². The Morgan fingerprint density at radius 1 is 1.12 bits per heavy atom.